The molecule has 3 amide bonds. The van der Waals surface area contributed by atoms with Gasteiger partial charge < -0.3 is 25.6 Å². The number of benzene rings is 2. The van der Waals surface area contributed by atoms with Crippen LogP contribution >= 0.6 is 0 Å². The molecule has 1 aliphatic heterocycles. The first-order valence-electron chi connectivity index (χ1n) is 13.1. The Labute approximate surface area is 216 Å². The molecule has 2 aromatic carbocycles. The number of anilines is 2. The molecular formula is C29H42N4O3. The largest absolute Gasteiger partial charge is 0.382 e. The van der Waals surface area contributed by atoms with Gasteiger partial charge in [0.2, 0.25) is 0 Å². The van der Waals surface area contributed by atoms with Crippen LogP contribution in [-0.4, -0.2) is 50.3 Å². The Bertz CT molecular complexity index is 980. The zero-order valence-electron chi connectivity index (χ0n) is 22.2. The minimum atomic E-state index is -0.352. The quantitative estimate of drug-likeness (QED) is 0.396. The van der Waals surface area contributed by atoms with Crippen LogP contribution in [0.4, 0.5) is 16.2 Å². The molecule has 2 aromatic rings. The molecule has 1 heterocycles. The molecule has 3 N–H and O–H groups in total. The Morgan fingerprint density at radius 2 is 1.78 bits per heavy atom. The third kappa shape index (κ3) is 8.86. The first kappa shape index (κ1) is 27.5. The van der Waals surface area contributed by atoms with Crippen molar-refractivity contribution in [3.05, 3.63) is 59.7 Å². The summed E-state index contributed by atoms with van der Waals surface area (Å²) in [6, 6.07) is 16.0. The summed E-state index contributed by atoms with van der Waals surface area (Å²) in [4.78, 5) is 27.9. The zero-order chi connectivity index (χ0) is 26.0. The summed E-state index contributed by atoms with van der Waals surface area (Å²) in [6.07, 6.45) is 4.01. The molecule has 196 valence electrons. The van der Waals surface area contributed by atoms with Gasteiger partial charge in [0.05, 0.1) is 5.56 Å². The molecule has 0 spiro atoms. The molecule has 0 atom stereocenters. The van der Waals surface area contributed by atoms with Gasteiger partial charge in [0.15, 0.2) is 0 Å². The van der Waals surface area contributed by atoms with Crippen LogP contribution in [0.1, 0.15) is 62.9 Å². The lowest BCUT2D eigenvalue weighted by atomic mass is 9.89. The van der Waals surface area contributed by atoms with E-state index in [0.29, 0.717) is 36.9 Å². The number of hydrogen-bond donors (Lipinski definition) is 3. The van der Waals surface area contributed by atoms with Crippen LogP contribution in [0.15, 0.2) is 48.5 Å². The lowest BCUT2D eigenvalue weighted by molar-refractivity contribution is 0.0944. The molecule has 0 aliphatic carbocycles. The Morgan fingerprint density at radius 1 is 1.06 bits per heavy atom. The van der Waals surface area contributed by atoms with Gasteiger partial charge >= 0.3 is 6.03 Å². The minimum absolute atomic E-state index is 0.132. The molecule has 1 aliphatic rings. The Hall–Kier alpha value is -3.06. The van der Waals surface area contributed by atoms with E-state index in [1.165, 1.54) is 5.56 Å². The van der Waals surface area contributed by atoms with E-state index in [2.05, 4.69) is 51.2 Å². The van der Waals surface area contributed by atoms with Crippen LogP contribution in [0.5, 0.6) is 0 Å². The number of hydrogen-bond acceptors (Lipinski definition) is 4. The van der Waals surface area contributed by atoms with Gasteiger partial charge in [0.1, 0.15) is 0 Å². The first-order valence-corrected chi connectivity index (χ1v) is 13.1. The topological polar surface area (TPSA) is 82.7 Å². The molecule has 0 bridgehead atoms. The lowest BCUT2D eigenvalue weighted by Gasteiger charge is -2.35. The summed E-state index contributed by atoms with van der Waals surface area (Å²) in [5, 5.41) is 8.80. The maximum Gasteiger partial charge on any atom is 0.319 e. The first-order chi connectivity index (χ1) is 17.2. The van der Waals surface area contributed by atoms with Crippen LogP contribution in [0.2, 0.25) is 0 Å². The minimum Gasteiger partial charge on any atom is -0.382 e. The third-order valence-corrected chi connectivity index (χ3v) is 6.27. The van der Waals surface area contributed by atoms with Crippen molar-refractivity contribution >= 4 is 23.3 Å². The molecule has 36 heavy (non-hydrogen) atoms. The van der Waals surface area contributed by atoms with E-state index in [-0.39, 0.29) is 17.5 Å². The second-order valence-corrected chi connectivity index (χ2v) is 10.5. The van der Waals surface area contributed by atoms with Crippen molar-refractivity contribution in [3.63, 3.8) is 0 Å². The van der Waals surface area contributed by atoms with Gasteiger partial charge in [-0.1, -0.05) is 30.3 Å². The highest BCUT2D eigenvalue weighted by molar-refractivity contribution is 6.02. The second kappa shape index (κ2) is 13.3. The molecule has 7 nitrogen and oxygen atoms in total. The van der Waals surface area contributed by atoms with E-state index in [4.69, 9.17) is 4.74 Å². The Balaban J connectivity index is 1.70. The van der Waals surface area contributed by atoms with Gasteiger partial charge in [-0.05, 0) is 83.1 Å². The fourth-order valence-electron chi connectivity index (χ4n) is 4.52. The molecule has 1 fully saturated rings. The van der Waals surface area contributed by atoms with Crippen LogP contribution < -0.4 is 20.9 Å². The van der Waals surface area contributed by atoms with E-state index >= 15 is 0 Å². The summed E-state index contributed by atoms with van der Waals surface area (Å²) in [5.74, 6) is 0.509. The standard InChI is InChI=1S/C29H42N4O3/c1-5-36-19-9-16-30-27(34)25-21-24(31-28(35)32-29(2,3)4)12-13-26(25)33-17-14-23(15-18-33)20-22-10-7-6-8-11-22/h6-8,10-13,21,23H,5,9,14-20H2,1-4H3,(H,30,34)(H2,31,32,35). The molecule has 0 saturated carbocycles. The average Bonchev–Trinajstić information content (AvgIpc) is 2.84. The summed E-state index contributed by atoms with van der Waals surface area (Å²) >= 11 is 0. The number of amides is 3. The SMILES string of the molecule is CCOCCCNC(=O)c1cc(NC(=O)NC(C)(C)C)ccc1N1CCC(Cc2ccccc2)CC1. The molecule has 1 saturated heterocycles. The second-order valence-electron chi connectivity index (χ2n) is 10.5. The predicted octanol–water partition coefficient (Wildman–Crippen LogP) is 5.22. The van der Waals surface area contributed by atoms with Crippen molar-refractivity contribution in [2.45, 2.75) is 58.9 Å². The van der Waals surface area contributed by atoms with Crippen LogP contribution in [0.25, 0.3) is 0 Å². The third-order valence-electron chi connectivity index (χ3n) is 6.27. The van der Waals surface area contributed by atoms with Crippen molar-refractivity contribution in [2.24, 2.45) is 5.92 Å². The van der Waals surface area contributed by atoms with Crippen molar-refractivity contribution in [1.29, 1.82) is 0 Å². The summed E-state index contributed by atoms with van der Waals surface area (Å²) in [5.41, 5.74) is 3.12. The van der Waals surface area contributed by atoms with E-state index < -0.39 is 0 Å². The van der Waals surface area contributed by atoms with Crippen molar-refractivity contribution in [3.8, 4) is 0 Å². The molecule has 7 heteroatoms. The normalized spacial score (nSPS) is 14.4. The van der Waals surface area contributed by atoms with Gasteiger partial charge in [-0.2, -0.15) is 0 Å². The number of ether oxygens (including phenoxy) is 1. The van der Waals surface area contributed by atoms with Gasteiger partial charge in [0.25, 0.3) is 5.91 Å². The lowest BCUT2D eigenvalue weighted by Crippen LogP contribution is -2.43. The summed E-state index contributed by atoms with van der Waals surface area (Å²) in [6.45, 7) is 11.4. The van der Waals surface area contributed by atoms with Gasteiger partial charge in [-0.15, -0.1) is 0 Å². The van der Waals surface area contributed by atoms with Gasteiger partial charge in [-0.3, -0.25) is 4.79 Å². The summed E-state index contributed by atoms with van der Waals surface area (Å²) in [7, 11) is 0. The number of piperidine rings is 1. The van der Waals surface area contributed by atoms with Crippen molar-refractivity contribution in [1.82, 2.24) is 10.6 Å². The maximum atomic E-state index is 13.2. The van der Waals surface area contributed by atoms with Gasteiger partial charge in [0, 0.05) is 49.8 Å². The van der Waals surface area contributed by atoms with E-state index in [1.54, 1.807) is 6.07 Å². The fourth-order valence-corrected chi connectivity index (χ4v) is 4.52. The fraction of sp³-hybridized carbons (Fsp3) is 0.517. The van der Waals surface area contributed by atoms with Crippen LogP contribution in [0.3, 0.4) is 0 Å². The number of carbonyl (C=O) groups excluding carboxylic acids is 2. The highest BCUT2D eigenvalue weighted by Gasteiger charge is 2.24. The van der Waals surface area contributed by atoms with Crippen LogP contribution in [0, 0.1) is 5.92 Å². The highest BCUT2D eigenvalue weighted by atomic mass is 16.5. The highest BCUT2D eigenvalue weighted by Crippen LogP contribution is 2.30. The van der Waals surface area contributed by atoms with Gasteiger partial charge in [-0.25, -0.2) is 4.79 Å². The van der Waals surface area contributed by atoms with E-state index in [0.717, 1.165) is 44.5 Å². The van der Waals surface area contributed by atoms with Crippen molar-refractivity contribution < 1.29 is 14.3 Å². The monoisotopic (exact) mass is 494 g/mol. The number of nitrogens with one attached hydrogen (secondary N) is 3. The van der Waals surface area contributed by atoms with Crippen LogP contribution in [-0.2, 0) is 11.2 Å². The number of rotatable bonds is 10. The molecular weight excluding hydrogens is 452 g/mol. The number of nitrogens with zero attached hydrogens (tertiary/aromatic N) is 1. The van der Waals surface area contributed by atoms with E-state index in [1.807, 2.05) is 39.8 Å². The Morgan fingerprint density at radius 3 is 2.44 bits per heavy atom. The molecule has 0 aromatic heterocycles. The van der Waals surface area contributed by atoms with E-state index in [9.17, 15) is 9.59 Å². The summed E-state index contributed by atoms with van der Waals surface area (Å²) < 4.78 is 5.38. The van der Waals surface area contributed by atoms with Crippen molar-refractivity contribution in [2.75, 3.05) is 43.1 Å². The number of carbonyl (C=O) groups is 2. The zero-order valence-corrected chi connectivity index (χ0v) is 22.2. The predicted molar refractivity (Wildman–Crippen MR) is 147 cm³/mol. The molecule has 3 rings (SSSR count). The maximum absolute atomic E-state index is 13.2. The molecule has 0 unspecified atom stereocenters. The number of urea groups is 1. The Kier molecular flexibility index (Phi) is 10.2. The average molecular weight is 495 g/mol. The smallest absolute Gasteiger partial charge is 0.319 e. The molecule has 0 radical (unpaired) electrons.